The molecule has 0 amide bonds. The number of nitrogens with zero attached hydrogens (tertiary/aromatic N) is 1. The first-order chi connectivity index (χ1) is 9.88. The van der Waals surface area contributed by atoms with Gasteiger partial charge in [0.1, 0.15) is 0 Å². The molecule has 0 spiro atoms. The van der Waals surface area contributed by atoms with Crippen LogP contribution in [0.4, 0.5) is 0 Å². The molecule has 3 heteroatoms. The Bertz CT molecular complexity index is 432. The number of piperidine rings is 1. The molecule has 1 fully saturated rings. The van der Waals surface area contributed by atoms with Crippen LogP contribution in [0.1, 0.15) is 64.2 Å². The van der Waals surface area contributed by atoms with Crippen LogP contribution in [0.25, 0.3) is 0 Å². The van der Waals surface area contributed by atoms with Crippen molar-refractivity contribution in [2.45, 2.75) is 58.5 Å². The third-order valence-corrected chi connectivity index (χ3v) is 4.65. The van der Waals surface area contributed by atoms with Crippen LogP contribution >= 0.6 is 12.4 Å². The van der Waals surface area contributed by atoms with Crippen molar-refractivity contribution in [1.29, 1.82) is 0 Å². The number of likely N-dealkylation sites (tertiary alicyclic amines) is 1. The van der Waals surface area contributed by atoms with Gasteiger partial charge in [-0.05, 0) is 48.4 Å². The largest absolute Gasteiger partial charge is 0.388 e. The molecule has 0 radical (unpaired) electrons. The van der Waals surface area contributed by atoms with Gasteiger partial charge in [-0.1, -0.05) is 58.4 Å². The predicted molar refractivity (Wildman–Crippen MR) is 96.8 cm³/mol. The maximum atomic E-state index is 10.6. The van der Waals surface area contributed by atoms with Crippen LogP contribution in [0.5, 0.6) is 0 Å². The van der Waals surface area contributed by atoms with Gasteiger partial charge in [-0.3, -0.25) is 0 Å². The maximum Gasteiger partial charge on any atom is 0.0827 e. The van der Waals surface area contributed by atoms with Crippen molar-refractivity contribution in [3.8, 4) is 0 Å². The van der Waals surface area contributed by atoms with Gasteiger partial charge in [-0.25, -0.2) is 0 Å². The molecule has 126 valence electrons. The van der Waals surface area contributed by atoms with Gasteiger partial charge < -0.3 is 10.0 Å². The monoisotopic (exact) mass is 325 g/mol. The van der Waals surface area contributed by atoms with E-state index in [9.17, 15) is 5.11 Å². The van der Waals surface area contributed by atoms with E-state index >= 15 is 0 Å². The van der Waals surface area contributed by atoms with E-state index in [1.54, 1.807) is 0 Å². The number of rotatable bonds is 4. The van der Waals surface area contributed by atoms with Crippen LogP contribution < -0.4 is 0 Å². The molecule has 2 nitrogen and oxygen atoms in total. The molecule has 0 bridgehead atoms. The number of halogens is 1. The number of hydrogen-bond donors (Lipinski definition) is 1. The van der Waals surface area contributed by atoms with Crippen molar-refractivity contribution >= 4 is 12.4 Å². The summed E-state index contributed by atoms with van der Waals surface area (Å²) in [5.41, 5.74) is 2.54. The van der Waals surface area contributed by atoms with Crippen LogP contribution in [0.2, 0.25) is 0 Å². The van der Waals surface area contributed by atoms with Gasteiger partial charge in [-0.15, -0.1) is 12.4 Å². The van der Waals surface area contributed by atoms with E-state index in [4.69, 9.17) is 0 Å². The SMILES string of the molecule is CC(CN1CCCCC1)C(O)c1ccc(C(C)(C)C)cc1.Cl. The molecule has 1 heterocycles. The average molecular weight is 326 g/mol. The zero-order chi connectivity index (χ0) is 15.5. The van der Waals surface area contributed by atoms with Gasteiger partial charge >= 0.3 is 0 Å². The van der Waals surface area contributed by atoms with Crippen molar-refractivity contribution in [3.63, 3.8) is 0 Å². The molecule has 22 heavy (non-hydrogen) atoms. The fourth-order valence-electron chi connectivity index (χ4n) is 3.16. The van der Waals surface area contributed by atoms with Crippen molar-refractivity contribution < 1.29 is 5.11 Å². The molecule has 1 aromatic rings. The van der Waals surface area contributed by atoms with Gasteiger partial charge in [0.05, 0.1) is 6.10 Å². The maximum absolute atomic E-state index is 10.6. The van der Waals surface area contributed by atoms with Gasteiger partial charge in [0.25, 0.3) is 0 Å². The van der Waals surface area contributed by atoms with E-state index < -0.39 is 0 Å². The van der Waals surface area contributed by atoms with E-state index in [2.05, 4.69) is 56.9 Å². The second kappa shape index (κ2) is 8.33. The summed E-state index contributed by atoms with van der Waals surface area (Å²) in [6.07, 6.45) is 3.62. The lowest BCUT2D eigenvalue weighted by atomic mass is 9.85. The molecule has 1 aliphatic heterocycles. The highest BCUT2D eigenvalue weighted by Gasteiger charge is 2.21. The standard InChI is InChI=1S/C19H31NO.ClH/c1-15(14-20-12-6-5-7-13-20)18(21)16-8-10-17(11-9-16)19(2,3)4;/h8-11,15,18,21H,5-7,12-14H2,1-4H3;1H. The van der Waals surface area contributed by atoms with Crippen molar-refractivity contribution in [2.24, 2.45) is 5.92 Å². The Morgan fingerprint density at radius 3 is 2.09 bits per heavy atom. The molecular formula is C19H32ClNO. The molecule has 1 aliphatic rings. The first kappa shape index (κ1) is 19.5. The topological polar surface area (TPSA) is 23.5 Å². The van der Waals surface area contributed by atoms with E-state index in [0.717, 1.165) is 12.1 Å². The Balaban J connectivity index is 0.00000242. The number of hydrogen-bond acceptors (Lipinski definition) is 2. The Labute approximate surface area is 142 Å². The minimum atomic E-state index is -0.360. The van der Waals surface area contributed by atoms with Gasteiger partial charge in [-0.2, -0.15) is 0 Å². The third-order valence-electron chi connectivity index (χ3n) is 4.65. The number of benzene rings is 1. The minimum absolute atomic E-state index is 0. The summed E-state index contributed by atoms with van der Waals surface area (Å²) >= 11 is 0. The van der Waals surface area contributed by atoms with Crippen LogP contribution in [0.15, 0.2) is 24.3 Å². The fourth-order valence-corrected chi connectivity index (χ4v) is 3.16. The van der Waals surface area contributed by atoms with Gasteiger partial charge in [0.2, 0.25) is 0 Å². The zero-order valence-electron chi connectivity index (χ0n) is 14.5. The summed E-state index contributed by atoms with van der Waals surface area (Å²) in [7, 11) is 0. The lowest BCUT2D eigenvalue weighted by molar-refractivity contribution is 0.0820. The molecule has 2 unspecified atom stereocenters. The Hall–Kier alpha value is -0.570. The molecule has 0 aliphatic carbocycles. The highest BCUT2D eigenvalue weighted by molar-refractivity contribution is 5.85. The molecule has 2 atom stereocenters. The molecule has 0 aromatic heterocycles. The first-order valence-electron chi connectivity index (χ1n) is 8.39. The van der Waals surface area contributed by atoms with Crippen molar-refractivity contribution in [3.05, 3.63) is 35.4 Å². The second-order valence-electron chi connectivity index (χ2n) is 7.66. The Morgan fingerprint density at radius 1 is 1.05 bits per heavy atom. The molecule has 0 saturated carbocycles. The summed E-state index contributed by atoms with van der Waals surface area (Å²) in [6, 6.07) is 8.51. The quantitative estimate of drug-likeness (QED) is 0.877. The summed E-state index contributed by atoms with van der Waals surface area (Å²) in [4.78, 5) is 2.50. The van der Waals surface area contributed by atoms with Crippen molar-refractivity contribution in [2.75, 3.05) is 19.6 Å². The summed E-state index contributed by atoms with van der Waals surface area (Å²) in [5.74, 6) is 0.281. The fraction of sp³-hybridized carbons (Fsp3) is 0.684. The second-order valence-corrected chi connectivity index (χ2v) is 7.66. The van der Waals surface area contributed by atoms with Crippen LogP contribution in [-0.2, 0) is 5.41 Å². The summed E-state index contributed by atoms with van der Waals surface area (Å²) in [6.45, 7) is 12.2. The summed E-state index contributed by atoms with van der Waals surface area (Å²) in [5, 5.41) is 10.6. The summed E-state index contributed by atoms with van der Waals surface area (Å²) < 4.78 is 0. The Morgan fingerprint density at radius 2 is 1.59 bits per heavy atom. The minimum Gasteiger partial charge on any atom is -0.388 e. The van der Waals surface area contributed by atoms with Crippen LogP contribution in [0, 0.1) is 5.92 Å². The normalized spacial score (nSPS) is 19.3. The van der Waals surface area contributed by atoms with Gasteiger partial charge in [0, 0.05) is 6.54 Å². The number of aliphatic hydroxyl groups excluding tert-OH is 1. The Kier molecular flexibility index (Phi) is 7.37. The lowest BCUT2D eigenvalue weighted by Gasteiger charge is -2.31. The molecule has 1 N–H and O–H groups in total. The van der Waals surface area contributed by atoms with Crippen LogP contribution in [-0.4, -0.2) is 29.6 Å². The van der Waals surface area contributed by atoms with E-state index in [-0.39, 0.29) is 29.8 Å². The van der Waals surface area contributed by atoms with E-state index in [1.807, 2.05) is 0 Å². The van der Waals surface area contributed by atoms with Gasteiger partial charge in [0.15, 0.2) is 0 Å². The highest BCUT2D eigenvalue weighted by atomic mass is 35.5. The average Bonchev–Trinajstić information content (AvgIpc) is 2.46. The zero-order valence-corrected chi connectivity index (χ0v) is 15.3. The first-order valence-corrected chi connectivity index (χ1v) is 8.39. The molecule has 2 rings (SSSR count). The number of aliphatic hydroxyl groups is 1. The smallest absolute Gasteiger partial charge is 0.0827 e. The third kappa shape index (κ3) is 5.26. The van der Waals surface area contributed by atoms with Crippen molar-refractivity contribution in [1.82, 2.24) is 4.90 Å². The molecule has 1 saturated heterocycles. The molecule has 1 aromatic carbocycles. The predicted octanol–water partition coefficient (Wildman–Crippen LogP) is 4.56. The highest BCUT2D eigenvalue weighted by Crippen LogP contribution is 2.27. The lowest BCUT2D eigenvalue weighted by Crippen LogP contribution is -2.35. The van der Waals surface area contributed by atoms with E-state index in [1.165, 1.54) is 37.9 Å². The molecular weight excluding hydrogens is 294 g/mol. The van der Waals surface area contributed by atoms with E-state index in [0.29, 0.717) is 0 Å². The van der Waals surface area contributed by atoms with Crippen LogP contribution in [0.3, 0.4) is 0 Å².